The van der Waals surface area contributed by atoms with Gasteiger partial charge >= 0.3 is 0 Å². The molecule has 0 radical (unpaired) electrons. The van der Waals surface area contributed by atoms with E-state index in [-0.39, 0.29) is 24.9 Å². The van der Waals surface area contributed by atoms with Crippen LogP contribution in [-0.2, 0) is 4.74 Å². The van der Waals surface area contributed by atoms with Crippen LogP contribution in [0, 0.1) is 12.8 Å². The molecule has 7 heteroatoms. The summed E-state index contributed by atoms with van der Waals surface area (Å²) in [4.78, 5) is 9.77. The first-order valence-corrected chi connectivity index (χ1v) is 8.89. The first kappa shape index (κ1) is 15.6. The molecule has 1 fully saturated rings. The molecule has 1 aliphatic heterocycles. The maximum atomic E-state index is 9.41. The molecule has 6 nitrogen and oxygen atoms in total. The van der Waals surface area contributed by atoms with E-state index in [0.717, 1.165) is 27.9 Å². The van der Waals surface area contributed by atoms with Crippen molar-refractivity contribution in [1.29, 1.82) is 0 Å². The smallest absolute Gasteiger partial charge is 0.148 e. The van der Waals surface area contributed by atoms with E-state index in [1.165, 1.54) is 11.9 Å². The Balaban J connectivity index is 1.90. The summed E-state index contributed by atoms with van der Waals surface area (Å²) in [5.41, 5.74) is 9.19. The molecule has 24 heavy (non-hydrogen) atoms. The highest BCUT2D eigenvalue weighted by molar-refractivity contribution is 7.13. The summed E-state index contributed by atoms with van der Waals surface area (Å²) in [6.07, 6.45) is 4.08. The van der Waals surface area contributed by atoms with Crippen molar-refractivity contribution in [3.05, 3.63) is 29.5 Å². The topological polar surface area (TPSA) is 86.2 Å². The summed E-state index contributed by atoms with van der Waals surface area (Å²) in [5.74, 6) is 0.760. The number of ether oxygens (including phenoxy) is 1. The van der Waals surface area contributed by atoms with Gasteiger partial charge < -0.3 is 20.1 Å². The van der Waals surface area contributed by atoms with E-state index in [1.54, 1.807) is 11.3 Å². The van der Waals surface area contributed by atoms with Gasteiger partial charge in [-0.05, 0) is 30.4 Å². The molecule has 1 saturated heterocycles. The summed E-state index contributed by atoms with van der Waals surface area (Å²) in [5, 5.41) is 12.4. The van der Waals surface area contributed by atoms with Gasteiger partial charge in [-0.15, -0.1) is 11.3 Å². The van der Waals surface area contributed by atoms with Gasteiger partial charge in [-0.3, -0.25) is 0 Å². The van der Waals surface area contributed by atoms with Gasteiger partial charge in [-0.2, -0.15) is 0 Å². The summed E-state index contributed by atoms with van der Waals surface area (Å²) in [6, 6.07) is 2.14. The Labute approximate surface area is 143 Å². The van der Waals surface area contributed by atoms with Crippen LogP contribution in [0.2, 0.25) is 0 Å². The number of fused-ring (bicyclic) bond motifs is 1. The fraction of sp³-hybridized carbons (Fsp3) is 0.412. The quantitative estimate of drug-likeness (QED) is 0.763. The number of hydrogen-bond donors (Lipinski definition) is 2. The highest BCUT2D eigenvalue weighted by Gasteiger charge is 2.34. The number of anilines is 1. The van der Waals surface area contributed by atoms with Gasteiger partial charge in [-0.1, -0.05) is 6.92 Å². The number of hydrogen-bond acceptors (Lipinski definition) is 6. The number of thiophene rings is 1. The molecule has 126 valence electrons. The number of nitrogen functional groups attached to an aromatic ring is 1. The Kier molecular flexibility index (Phi) is 3.79. The molecule has 0 saturated carbocycles. The van der Waals surface area contributed by atoms with Gasteiger partial charge in [0.2, 0.25) is 0 Å². The SMILES string of the molecule is Cc1csc(-c2cn(C3OC(CO)CC3C)c3ncnc(N)c23)c1. The highest BCUT2D eigenvalue weighted by atomic mass is 32.1. The molecule has 0 amide bonds. The van der Waals surface area contributed by atoms with E-state index in [0.29, 0.717) is 5.82 Å². The zero-order valence-corrected chi connectivity index (χ0v) is 14.5. The molecule has 4 rings (SSSR count). The van der Waals surface area contributed by atoms with Gasteiger partial charge in [0.1, 0.15) is 24.0 Å². The van der Waals surface area contributed by atoms with Crippen molar-refractivity contribution >= 4 is 28.2 Å². The third-order valence-electron chi connectivity index (χ3n) is 4.57. The minimum Gasteiger partial charge on any atom is -0.394 e. The molecular weight excluding hydrogens is 324 g/mol. The number of aliphatic hydroxyl groups excluding tert-OH is 1. The van der Waals surface area contributed by atoms with E-state index in [9.17, 15) is 5.11 Å². The number of nitrogens with zero attached hydrogens (tertiary/aromatic N) is 3. The maximum Gasteiger partial charge on any atom is 0.148 e. The lowest BCUT2D eigenvalue weighted by atomic mass is 10.1. The number of aromatic nitrogens is 3. The number of nitrogens with two attached hydrogens (primary N) is 1. The molecule has 3 aromatic rings. The molecule has 0 aliphatic carbocycles. The second kappa shape index (κ2) is 5.84. The van der Waals surface area contributed by atoms with Crippen LogP contribution in [0.5, 0.6) is 0 Å². The van der Waals surface area contributed by atoms with Crippen molar-refractivity contribution in [1.82, 2.24) is 14.5 Å². The van der Waals surface area contributed by atoms with Crippen molar-refractivity contribution in [2.45, 2.75) is 32.6 Å². The minimum absolute atomic E-state index is 0.0359. The van der Waals surface area contributed by atoms with Crippen LogP contribution in [0.4, 0.5) is 5.82 Å². The second-order valence-corrected chi connectivity index (χ2v) is 7.35. The number of aliphatic hydroxyl groups is 1. The average molecular weight is 344 g/mol. The lowest BCUT2D eigenvalue weighted by Gasteiger charge is -2.18. The third kappa shape index (κ3) is 2.40. The van der Waals surface area contributed by atoms with Crippen molar-refractivity contribution < 1.29 is 9.84 Å². The van der Waals surface area contributed by atoms with Crippen molar-refractivity contribution in [3.8, 4) is 10.4 Å². The van der Waals surface area contributed by atoms with Crippen LogP contribution in [0.15, 0.2) is 24.0 Å². The van der Waals surface area contributed by atoms with Crippen LogP contribution in [0.1, 0.15) is 25.1 Å². The number of aryl methyl sites for hydroxylation is 1. The van der Waals surface area contributed by atoms with E-state index < -0.39 is 0 Å². The van der Waals surface area contributed by atoms with Gasteiger partial charge in [0.15, 0.2) is 0 Å². The standard InChI is InChI=1S/C17H20N4O2S/c1-9-3-13(24-7-9)12-5-21(16-14(12)15(18)19-8-20-16)17-10(2)4-11(6-22)23-17/h3,5,7-8,10-11,17,22H,4,6H2,1-2H3,(H2,18,19,20). The molecule has 3 N–H and O–H groups in total. The molecular formula is C17H20N4O2S. The molecule has 3 unspecified atom stereocenters. The summed E-state index contributed by atoms with van der Waals surface area (Å²) >= 11 is 1.68. The molecule has 1 aliphatic rings. The van der Waals surface area contributed by atoms with Crippen LogP contribution in [-0.4, -0.2) is 32.4 Å². The first-order valence-electron chi connectivity index (χ1n) is 8.01. The largest absolute Gasteiger partial charge is 0.394 e. The monoisotopic (exact) mass is 344 g/mol. The Morgan fingerprint density at radius 2 is 2.29 bits per heavy atom. The van der Waals surface area contributed by atoms with Crippen molar-refractivity contribution in [2.75, 3.05) is 12.3 Å². The molecule has 0 spiro atoms. The fourth-order valence-electron chi connectivity index (χ4n) is 3.44. The van der Waals surface area contributed by atoms with Crippen molar-refractivity contribution in [3.63, 3.8) is 0 Å². The molecule has 4 heterocycles. The van der Waals surface area contributed by atoms with E-state index in [4.69, 9.17) is 10.5 Å². The zero-order valence-electron chi connectivity index (χ0n) is 13.6. The van der Waals surface area contributed by atoms with Gasteiger partial charge in [0.25, 0.3) is 0 Å². The second-order valence-electron chi connectivity index (χ2n) is 6.44. The van der Waals surface area contributed by atoms with E-state index >= 15 is 0 Å². The lowest BCUT2D eigenvalue weighted by Crippen LogP contribution is -2.15. The highest BCUT2D eigenvalue weighted by Crippen LogP contribution is 2.41. The van der Waals surface area contributed by atoms with Crippen molar-refractivity contribution in [2.24, 2.45) is 5.92 Å². The molecule has 3 atom stereocenters. The Morgan fingerprint density at radius 3 is 2.96 bits per heavy atom. The lowest BCUT2D eigenvalue weighted by molar-refractivity contribution is -0.0291. The normalized spacial score (nSPS) is 24.0. The Bertz CT molecular complexity index is 888. The summed E-state index contributed by atoms with van der Waals surface area (Å²) in [7, 11) is 0. The molecule has 3 aromatic heterocycles. The predicted octanol–water partition coefficient (Wildman–Crippen LogP) is 2.97. The van der Waals surface area contributed by atoms with Gasteiger partial charge in [0.05, 0.1) is 18.1 Å². The summed E-state index contributed by atoms with van der Waals surface area (Å²) in [6.45, 7) is 4.24. The van der Waals surface area contributed by atoms with Crippen LogP contribution in [0.3, 0.4) is 0 Å². The Hall–Kier alpha value is -1.96. The molecule has 0 aromatic carbocycles. The first-order chi connectivity index (χ1) is 11.6. The van der Waals surface area contributed by atoms with E-state index in [2.05, 4.69) is 41.5 Å². The maximum absolute atomic E-state index is 9.41. The van der Waals surface area contributed by atoms with Crippen LogP contribution < -0.4 is 5.73 Å². The van der Waals surface area contributed by atoms with Crippen LogP contribution in [0.25, 0.3) is 21.5 Å². The summed E-state index contributed by atoms with van der Waals surface area (Å²) < 4.78 is 8.07. The van der Waals surface area contributed by atoms with Gasteiger partial charge in [-0.25, -0.2) is 9.97 Å². The number of rotatable bonds is 3. The fourth-order valence-corrected chi connectivity index (χ4v) is 4.35. The Morgan fingerprint density at radius 1 is 1.46 bits per heavy atom. The predicted molar refractivity (Wildman–Crippen MR) is 94.8 cm³/mol. The van der Waals surface area contributed by atoms with Gasteiger partial charge in [0, 0.05) is 22.6 Å². The van der Waals surface area contributed by atoms with E-state index in [1.807, 2.05) is 4.57 Å². The minimum atomic E-state index is -0.159. The van der Waals surface area contributed by atoms with Crippen LogP contribution >= 0.6 is 11.3 Å². The zero-order chi connectivity index (χ0) is 16.8. The molecule has 0 bridgehead atoms. The third-order valence-corrected chi connectivity index (χ3v) is 5.65. The average Bonchev–Trinajstić information content (AvgIpc) is 3.24.